The standard InChI is InChI=1S/C2F10N3OP3/c3-1(4,5)2(6,7)16-19(12)14-17(8,9)13-18(10,11)15-19. The zero-order valence-electron chi connectivity index (χ0n) is 7.87. The van der Waals surface area contributed by atoms with Crippen molar-refractivity contribution >= 4 is 23.4 Å². The Kier molecular flexibility index (Phi) is 4.00. The Morgan fingerprint density at radius 1 is 0.684 bits per heavy atom. The molecule has 1 aliphatic rings. The molecule has 0 saturated heterocycles. The van der Waals surface area contributed by atoms with Crippen molar-refractivity contribution < 1.29 is 47.5 Å². The van der Waals surface area contributed by atoms with Gasteiger partial charge in [0, 0.05) is 0 Å². The van der Waals surface area contributed by atoms with Crippen molar-refractivity contribution in [1.29, 1.82) is 0 Å². The summed E-state index contributed by atoms with van der Waals surface area (Å²) in [5, 5.41) is 0. The van der Waals surface area contributed by atoms with E-state index in [4.69, 9.17) is 0 Å². The Hall–Kier alpha value is -0.0500. The first-order valence-electron chi connectivity index (χ1n) is 3.63. The van der Waals surface area contributed by atoms with Crippen LogP contribution in [0.15, 0.2) is 13.5 Å². The molecule has 0 aromatic carbocycles. The predicted molar refractivity (Wildman–Crippen MR) is 45.7 cm³/mol. The molecule has 0 fully saturated rings. The zero-order chi connectivity index (χ0) is 15.3. The van der Waals surface area contributed by atoms with Crippen LogP contribution in [0.2, 0.25) is 0 Å². The SMILES string of the molecule is FC(F)(F)C(F)(F)OP1(F)=NP(F)(F)=NP(F)(F)=N1. The quantitative estimate of drug-likeness (QED) is 0.390. The van der Waals surface area contributed by atoms with Crippen LogP contribution in [-0.2, 0) is 4.52 Å². The van der Waals surface area contributed by atoms with Gasteiger partial charge in [0.25, 0.3) is 0 Å². The summed E-state index contributed by atoms with van der Waals surface area (Å²) in [5.41, 5.74) is 0. The molecular formula is C2F10N3OP3. The van der Waals surface area contributed by atoms with Crippen LogP contribution >= 0.6 is 23.4 Å². The van der Waals surface area contributed by atoms with E-state index in [1.165, 1.54) is 13.5 Å². The van der Waals surface area contributed by atoms with Crippen molar-refractivity contribution in [3.8, 4) is 0 Å². The highest BCUT2D eigenvalue weighted by Crippen LogP contribution is 2.82. The molecule has 1 unspecified atom stereocenters. The second-order valence-corrected chi connectivity index (χ2v) is 7.86. The van der Waals surface area contributed by atoms with Gasteiger partial charge in [-0.05, 0) is 0 Å². The summed E-state index contributed by atoms with van der Waals surface area (Å²) in [7, 11) is -19.4. The molecule has 0 bridgehead atoms. The second-order valence-electron chi connectivity index (χ2n) is 2.76. The van der Waals surface area contributed by atoms with Crippen LogP contribution < -0.4 is 0 Å². The first-order chi connectivity index (χ1) is 8.08. The van der Waals surface area contributed by atoms with E-state index in [0.29, 0.717) is 0 Å². The number of alkyl halides is 5. The fourth-order valence-corrected chi connectivity index (χ4v) is 5.92. The first kappa shape index (κ1) is 17.0. The van der Waals surface area contributed by atoms with Gasteiger partial charge in [-0.25, -0.2) is 4.52 Å². The van der Waals surface area contributed by atoms with Gasteiger partial charge in [-0.3, -0.25) is 0 Å². The first-order valence-corrected chi connectivity index (χ1v) is 8.08. The summed E-state index contributed by atoms with van der Waals surface area (Å²) in [4.78, 5) is 0. The fourth-order valence-electron chi connectivity index (χ4n) is 0.683. The minimum atomic E-state index is -6.54. The summed E-state index contributed by atoms with van der Waals surface area (Å²) in [5.74, 6) is 0. The van der Waals surface area contributed by atoms with Crippen molar-refractivity contribution in [3.05, 3.63) is 0 Å². The number of halogens is 10. The molecule has 0 radical (unpaired) electrons. The average molecular weight is 365 g/mol. The Bertz CT molecular complexity index is 529. The van der Waals surface area contributed by atoms with E-state index in [0.717, 1.165) is 0 Å². The molecule has 17 heteroatoms. The van der Waals surface area contributed by atoms with Gasteiger partial charge in [-0.2, -0.15) is 26.1 Å². The Balaban J connectivity index is 3.33. The summed E-state index contributed by atoms with van der Waals surface area (Å²) in [6.07, 6.45) is -12.8. The van der Waals surface area contributed by atoms with Gasteiger partial charge in [-0.1, -0.05) is 0 Å². The van der Waals surface area contributed by atoms with Crippen molar-refractivity contribution in [2.45, 2.75) is 12.3 Å². The third kappa shape index (κ3) is 4.21. The lowest BCUT2D eigenvalue weighted by molar-refractivity contribution is -0.360. The molecule has 0 spiro atoms. The van der Waals surface area contributed by atoms with Crippen molar-refractivity contribution in [2.24, 2.45) is 13.5 Å². The lowest BCUT2D eigenvalue weighted by Crippen LogP contribution is -2.37. The molecule has 1 aliphatic heterocycles. The largest absolute Gasteiger partial charge is 0.483 e. The van der Waals surface area contributed by atoms with Crippen LogP contribution in [0.4, 0.5) is 42.9 Å². The van der Waals surface area contributed by atoms with Gasteiger partial charge in [0.1, 0.15) is 0 Å². The zero-order valence-corrected chi connectivity index (χ0v) is 10.6. The number of nitrogens with zero attached hydrogens (tertiary/aromatic N) is 3. The molecule has 0 aromatic rings. The van der Waals surface area contributed by atoms with Crippen molar-refractivity contribution in [3.63, 3.8) is 0 Å². The minimum Gasteiger partial charge on any atom is -0.229 e. The maximum atomic E-state index is 13.2. The molecule has 1 atom stereocenters. The topological polar surface area (TPSA) is 46.3 Å². The maximum Gasteiger partial charge on any atom is 0.483 e. The maximum absolute atomic E-state index is 13.2. The lowest BCUT2D eigenvalue weighted by Gasteiger charge is -2.23. The van der Waals surface area contributed by atoms with Crippen molar-refractivity contribution in [2.75, 3.05) is 0 Å². The third-order valence-electron chi connectivity index (χ3n) is 1.21. The molecule has 114 valence electrons. The monoisotopic (exact) mass is 365 g/mol. The Labute approximate surface area is 97.7 Å². The molecule has 0 saturated carbocycles. The van der Waals surface area contributed by atoms with Gasteiger partial charge < -0.3 is 0 Å². The molecule has 1 heterocycles. The van der Waals surface area contributed by atoms with E-state index in [9.17, 15) is 42.9 Å². The van der Waals surface area contributed by atoms with E-state index in [1.807, 2.05) is 0 Å². The Morgan fingerprint density at radius 3 is 1.47 bits per heavy atom. The fraction of sp³-hybridized carbons (Fsp3) is 1.00. The second kappa shape index (κ2) is 4.47. The number of rotatable bonds is 2. The highest BCUT2D eigenvalue weighted by Gasteiger charge is 2.63. The molecular weight excluding hydrogens is 365 g/mol. The minimum absolute atomic E-state index is 1.44. The molecule has 0 aliphatic carbocycles. The van der Waals surface area contributed by atoms with E-state index in [2.05, 4.69) is 4.52 Å². The number of hydrogen-bond donors (Lipinski definition) is 0. The van der Waals surface area contributed by atoms with Crippen LogP contribution in [0.3, 0.4) is 0 Å². The average Bonchev–Trinajstić information content (AvgIpc) is 1.88. The normalized spacial score (nSPS) is 30.0. The van der Waals surface area contributed by atoms with Crippen LogP contribution in [0.5, 0.6) is 0 Å². The van der Waals surface area contributed by atoms with Crippen LogP contribution in [-0.4, -0.2) is 12.3 Å². The van der Waals surface area contributed by atoms with E-state index < -0.39 is 35.7 Å². The molecule has 19 heavy (non-hydrogen) atoms. The van der Waals surface area contributed by atoms with E-state index in [-0.39, 0.29) is 0 Å². The van der Waals surface area contributed by atoms with Crippen LogP contribution in [0.25, 0.3) is 0 Å². The summed E-state index contributed by atoms with van der Waals surface area (Å²) >= 11 is 0. The molecule has 0 aromatic heterocycles. The smallest absolute Gasteiger partial charge is 0.229 e. The lowest BCUT2D eigenvalue weighted by atomic mass is 10.6. The predicted octanol–water partition coefficient (Wildman–Crippen LogP) is 6.86. The summed E-state index contributed by atoms with van der Waals surface area (Å²) < 4.78 is 130. The van der Waals surface area contributed by atoms with Gasteiger partial charge in [-0.15, -0.1) is 30.3 Å². The van der Waals surface area contributed by atoms with Crippen LogP contribution in [0, 0.1) is 0 Å². The highest BCUT2D eigenvalue weighted by atomic mass is 31.3. The highest BCUT2D eigenvalue weighted by molar-refractivity contribution is 7.77. The van der Waals surface area contributed by atoms with E-state index >= 15 is 0 Å². The third-order valence-corrected chi connectivity index (χ3v) is 6.88. The van der Waals surface area contributed by atoms with Gasteiger partial charge in [0.05, 0.1) is 0 Å². The van der Waals surface area contributed by atoms with E-state index in [1.54, 1.807) is 0 Å². The van der Waals surface area contributed by atoms with Gasteiger partial charge in [0.2, 0.25) is 0 Å². The molecule has 0 amide bonds. The van der Waals surface area contributed by atoms with Crippen LogP contribution in [0.1, 0.15) is 0 Å². The molecule has 0 N–H and O–H groups in total. The van der Waals surface area contributed by atoms with Crippen molar-refractivity contribution in [1.82, 2.24) is 0 Å². The number of hydrogen-bond acceptors (Lipinski definition) is 4. The van der Waals surface area contributed by atoms with Gasteiger partial charge in [0.15, 0.2) is 0 Å². The Morgan fingerprint density at radius 2 is 1.11 bits per heavy atom. The van der Waals surface area contributed by atoms with Gasteiger partial charge >= 0.3 is 35.7 Å². The molecule has 1 rings (SSSR count). The summed E-state index contributed by atoms with van der Waals surface area (Å²) in [6, 6.07) is 0. The molecule has 4 nitrogen and oxygen atoms in total. The summed E-state index contributed by atoms with van der Waals surface area (Å²) in [6.45, 7) is 0.